The standard InChI is InChI=1S/C12H17N3/c1-3-15(4-2)11-5-6-12(14)10(9-11)7-8-13/h5-6,9H,3-4,7,14H2,1-2H3. The molecule has 1 aromatic rings. The molecular weight excluding hydrogens is 186 g/mol. The zero-order chi connectivity index (χ0) is 11.3. The van der Waals surface area contributed by atoms with Crippen LogP contribution in [0.3, 0.4) is 0 Å². The highest BCUT2D eigenvalue weighted by Gasteiger charge is 2.05. The molecule has 3 nitrogen and oxygen atoms in total. The lowest BCUT2D eigenvalue weighted by atomic mass is 10.1. The van der Waals surface area contributed by atoms with Crippen LogP contribution in [0.4, 0.5) is 11.4 Å². The highest BCUT2D eigenvalue weighted by molar-refractivity contribution is 5.59. The van der Waals surface area contributed by atoms with Gasteiger partial charge in [-0.2, -0.15) is 5.26 Å². The summed E-state index contributed by atoms with van der Waals surface area (Å²) >= 11 is 0. The molecule has 15 heavy (non-hydrogen) atoms. The number of nitrogens with two attached hydrogens (primary N) is 1. The second-order valence-corrected chi connectivity index (χ2v) is 3.39. The van der Waals surface area contributed by atoms with E-state index in [4.69, 9.17) is 11.0 Å². The molecule has 1 aromatic carbocycles. The summed E-state index contributed by atoms with van der Waals surface area (Å²) in [5, 5.41) is 8.67. The van der Waals surface area contributed by atoms with E-state index in [-0.39, 0.29) is 0 Å². The van der Waals surface area contributed by atoms with Gasteiger partial charge < -0.3 is 10.6 Å². The van der Waals surface area contributed by atoms with Crippen molar-refractivity contribution in [3.8, 4) is 6.07 Å². The van der Waals surface area contributed by atoms with E-state index < -0.39 is 0 Å². The maximum absolute atomic E-state index is 8.67. The average molecular weight is 203 g/mol. The van der Waals surface area contributed by atoms with Crippen molar-refractivity contribution in [2.24, 2.45) is 0 Å². The fourth-order valence-electron chi connectivity index (χ4n) is 1.62. The number of nitriles is 1. The Morgan fingerprint density at radius 2 is 2.00 bits per heavy atom. The minimum atomic E-state index is 0.376. The predicted octanol–water partition coefficient (Wildman–Crippen LogP) is 2.18. The van der Waals surface area contributed by atoms with Crippen LogP contribution in [0.25, 0.3) is 0 Å². The van der Waals surface area contributed by atoms with Gasteiger partial charge >= 0.3 is 0 Å². The molecule has 0 spiro atoms. The molecule has 0 fully saturated rings. The molecular formula is C12H17N3. The highest BCUT2D eigenvalue weighted by atomic mass is 15.1. The van der Waals surface area contributed by atoms with Crippen LogP contribution in [-0.2, 0) is 6.42 Å². The van der Waals surface area contributed by atoms with E-state index in [1.165, 1.54) is 0 Å². The van der Waals surface area contributed by atoms with Crippen LogP contribution >= 0.6 is 0 Å². The smallest absolute Gasteiger partial charge is 0.0670 e. The SMILES string of the molecule is CCN(CC)c1ccc(N)c(CC#N)c1. The second-order valence-electron chi connectivity index (χ2n) is 3.39. The molecule has 0 saturated carbocycles. The van der Waals surface area contributed by atoms with Crippen molar-refractivity contribution in [1.82, 2.24) is 0 Å². The van der Waals surface area contributed by atoms with Crippen molar-refractivity contribution in [3.63, 3.8) is 0 Å². The summed E-state index contributed by atoms with van der Waals surface area (Å²) in [6.45, 7) is 6.16. The van der Waals surface area contributed by atoms with Crippen molar-refractivity contribution in [2.45, 2.75) is 20.3 Å². The van der Waals surface area contributed by atoms with Gasteiger partial charge in [0.05, 0.1) is 12.5 Å². The van der Waals surface area contributed by atoms with Crippen LogP contribution in [0.5, 0.6) is 0 Å². The van der Waals surface area contributed by atoms with Gasteiger partial charge in [0.2, 0.25) is 0 Å². The largest absolute Gasteiger partial charge is 0.398 e. The quantitative estimate of drug-likeness (QED) is 0.763. The number of rotatable bonds is 4. The first-order valence-corrected chi connectivity index (χ1v) is 5.23. The van der Waals surface area contributed by atoms with Gasteiger partial charge in [-0.05, 0) is 37.6 Å². The van der Waals surface area contributed by atoms with Gasteiger partial charge in [-0.25, -0.2) is 0 Å². The van der Waals surface area contributed by atoms with Crippen LogP contribution in [0.2, 0.25) is 0 Å². The zero-order valence-corrected chi connectivity index (χ0v) is 9.33. The third kappa shape index (κ3) is 2.63. The first-order chi connectivity index (χ1) is 7.22. The summed E-state index contributed by atoms with van der Waals surface area (Å²) in [6.07, 6.45) is 0.376. The summed E-state index contributed by atoms with van der Waals surface area (Å²) in [5.41, 5.74) is 8.55. The number of hydrogen-bond donors (Lipinski definition) is 1. The number of anilines is 2. The van der Waals surface area contributed by atoms with Crippen molar-refractivity contribution in [3.05, 3.63) is 23.8 Å². The molecule has 0 bridgehead atoms. The van der Waals surface area contributed by atoms with Crippen LogP contribution < -0.4 is 10.6 Å². The Morgan fingerprint density at radius 3 is 2.53 bits per heavy atom. The molecule has 80 valence electrons. The molecule has 0 radical (unpaired) electrons. The monoisotopic (exact) mass is 203 g/mol. The van der Waals surface area contributed by atoms with Crippen LogP contribution in [-0.4, -0.2) is 13.1 Å². The Bertz CT molecular complexity index is 362. The Morgan fingerprint density at radius 1 is 1.33 bits per heavy atom. The fourth-order valence-corrected chi connectivity index (χ4v) is 1.62. The number of hydrogen-bond acceptors (Lipinski definition) is 3. The van der Waals surface area contributed by atoms with Crippen molar-refractivity contribution < 1.29 is 0 Å². The summed E-state index contributed by atoms with van der Waals surface area (Å²) in [4.78, 5) is 2.24. The third-order valence-electron chi connectivity index (χ3n) is 2.52. The Hall–Kier alpha value is -1.69. The van der Waals surface area contributed by atoms with E-state index >= 15 is 0 Å². The molecule has 0 heterocycles. The molecule has 3 heteroatoms. The molecule has 0 aliphatic heterocycles. The number of nitrogen functional groups attached to an aromatic ring is 1. The Labute approximate surface area is 91.1 Å². The lowest BCUT2D eigenvalue weighted by molar-refractivity contribution is 0.865. The lowest BCUT2D eigenvalue weighted by Crippen LogP contribution is -2.21. The molecule has 0 aromatic heterocycles. The van der Waals surface area contributed by atoms with E-state index in [0.717, 1.165) is 24.3 Å². The minimum absolute atomic E-state index is 0.376. The summed E-state index contributed by atoms with van der Waals surface area (Å²) in [7, 11) is 0. The van der Waals surface area contributed by atoms with Crippen LogP contribution in [0.1, 0.15) is 19.4 Å². The number of benzene rings is 1. The zero-order valence-electron chi connectivity index (χ0n) is 9.33. The lowest BCUT2D eigenvalue weighted by Gasteiger charge is -2.21. The summed E-state index contributed by atoms with van der Waals surface area (Å²) < 4.78 is 0. The molecule has 0 aliphatic carbocycles. The topological polar surface area (TPSA) is 53.0 Å². The van der Waals surface area contributed by atoms with E-state index in [1.807, 2.05) is 18.2 Å². The molecule has 1 rings (SSSR count). The molecule has 0 amide bonds. The normalized spacial score (nSPS) is 9.67. The maximum atomic E-state index is 8.67. The van der Waals surface area contributed by atoms with Crippen molar-refractivity contribution in [1.29, 1.82) is 5.26 Å². The average Bonchev–Trinajstić information content (AvgIpc) is 2.25. The molecule has 2 N–H and O–H groups in total. The van der Waals surface area contributed by atoms with E-state index in [1.54, 1.807) is 0 Å². The van der Waals surface area contributed by atoms with Gasteiger partial charge in [0.15, 0.2) is 0 Å². The molecule has 0 unspecified atom stereocenters. The Kier molecular flexibility index (Phi) is 3.99. The van der Waals surface area contributed by atoms with Gasteiger partial charge in [-0.3, -0.25) is 0 Å². The predicted molar refractivity (Wildman–Crippen MR) is 63.7 cm³/mol. The third-order valence-corrected chi connectivity index (χ3v) is 2.52. The maximum Gasteiger partial charge on any atom is 0.0670 e. The Balaban J connectivity index is 3.01. The first-order valence-electron chi connectivity index (χ1n) is 5.23. The summed E-state index contributed by atoms with van der Waals surface area (Å²) in [5.74, 6) is 0. The molecule has 0 aliphatic rings. The van der Waals surface area contributed by atoms with E-state index in [2.05, 4.69) is 24.8 Å². The van der Waals surface area contributed by atoms with Gasteiger partial charge in [0, 0.05) is 24.5 Å². The minimum Gasteiger partial charge on any atom is -0.398 e. The fraction of sp³-hybridized carbons (Fsp3) is 0.417. The van der Waals surface area contributed by atoms with Crippen molar-refractivity contribution in [2.75, 3.05) is 23.7 Å². The van der Waals surface area contributed by atoms with Gasteiger partial charge in [0.25, 0.3) is 0 Å². The van der Waals surface area contributed by atoms with Gasteiger partial charge in [-0.15, -0.1) is 0 Å². The van der Waals surface area contributed by atoms with Crippen molar-refractivity contribution >= 4 is 11.4 Å². The van der Waals surface area contributed by atoms with Gasteiger partial charge in [0.1, 0.15) is 0 Å². The van der Waals surface area contributed by atoms with E-state index in [9.17, 15) is 0 Å². The van der Waals surface area contributed by atoms with Crippen LogP contribution in [0.15, 0.2) is 18.2 Å². The second kappa shape index (κ2) is 5.26. The highest BCUT2D eigenvalue weighted by Crippen LogP contribution is 2.21. The summed E-state index contributed by atoms with van der Waals surface area (Å²) in [6, 6.07) is 8.01. The van der Waals surface area contributed by atoms with E-state index in [0.29, 0.717) is 12.1 Å². The van der Waals surface area contributed by atoms with Crippen LogP contribution in [0, 0.1) is 11.3 Å². The number of nitrogens with zero attached hydrogens (tertiary/aromatic N) is 2. The molecule has 0 atom stereocenters. The van der Waals surface area contributed by atoms with Gasteiger partial charge in [-0.1, -0.05) is 0 Å². The first kappa shape index (κ1) is 11.4. The molecule has 0 saturated heterocycles.